The summed E-state index contributed by atoms with van der Waals surface area (Å²) in [7, 11) is 1.38. The number of carbonyl (C=O) groups is 1. The molecule has 0 amide bonds. The van der Waals surface area contributed by atoms with Crippen LogP contribution >= 0.6 is 23.2 Å². The molecule has 0 aromatic heterocycles. The molecule has 0 radical (unpaired) electrons. The van der Waals surface area contributed by atoms with E-state index in [-0.39, 0.29) is 22.6 Å². The van der Waals surface area contributed by atoms with Crippen molar-refractivity contribution in [3.05, 3.63) is 0 Å². The molecule has 7 heteroatoms. The predicted molar refractivity (Wildman–Crippen MR) is 89.5 cm³/mol. The minimum absolute atomic E-state index is 0.150. The van der Waals surface area contributed by atoms with Gasteiger partial charge >= 0.3 is 0 Å². The Morgan fingerprint density at radius 2 is 1.45 bits per heavy atom. The molecule has 132 valence electrons. The summed E-state index contributed by atoms with van der Waals surface area (Å²) >= 11 is 11.5. The number of hydrogen-bond donors (Lipinski definition) is 0. The lowest BCUT2D eigenvalue weighted by Gasteiger charge is -2.16. The quantitative estimate of drug-likeness (QED) is 0.256. The lowest BCUT2D eigenvalue weighted by molar-refractivity contribution is -0.113. The van der Waals surface area contributed by atoms with Gasteiger partial charge in [0, 0.05) is 22.6 Å². The van der Waals surface area contributed by atoms with Crippen LogP contribution in [-0.4, -0.2) is 42.7 Å². The second-order valence-electron chi connectivity index (χ2n) is 5.03. The van der Waals surface area contributed by atoms with Gasteiger partial charge in [-0.25, -0.2) is 8.78 Å². The Bertz CT molecular complexity index is 309. The minimum Gasteiger partial charge on any atom is -0.399 e. The molecule has 0 bridgehead atoms. The van der Waals surface area contributed by atoms with Gasteiger partial charge in [0.2, 0.25) is 0 Å². The van der Waals surface area contributed by atoms with E-state index in [1.807, 2.05) is 13.8 Å². The predicted octanol–water partition coefficient (Wildman–Crippen LogP) is 4.79. The number of halogens is 4. The van der Waals surface area contributed by atoms with Crippen molar-refractivity contribution in [3.63, 3.8) is 0 Å². The minimum atomic E-state index is -1.41. The first kappa shape index (κ1) is 23.8. The first-order chi connectivity index (χ1) is 10.3. The Labute approximate surface area is 142 Å². The van der Waals surface area contributed by atoms with Gasteiger partial charge in [-0.05, 0) is 12.8 Å². The van der Waals surface area contributed by atoms with Gasteiger partial charge in [-0.3, -0.25) is 0 Å². The number of oxime groups is 1. The van der Waals surface area contributed by atoms with Crippen LogP contribution in [0.3, 0.4) is 0 Å². The molecule has 0 N–H and O–H groups in total. The van der Waals surface area contributed by atoms with Crippen molar-refractivity contribution in [2.24, 2.45) is 17.0 Å². The highest BCUT2D eigenvalue weighted by Crippen LogP contribution is 2.19. The zero-order valence-electron chi connectivity index (χ0n) is 13.8. The number of hydrogen-bond acceptors (Lipinski definition) is 3. The van der Waals surface area contributed by atoms with Gasteiger partial charge in [-0.2, -0.15) is 0 Å². The molecular weight excluding hydrogens is 335 g/mol. The van der Waals surface area contributed by atoms with E-state index in [1.165, 1.54) is 7.11 Å². The van der Waals surface area contributed by atoms with E-state index < -0.39 is 12.3 Å². The number of rotatable bonds is 9. The van der Waals surface area contributed by atoms with E-state index in [0.29, 0.717) is 12.7 Å². The smallest absolute Gasteiger partial charge is 0.159 e. The third kappa shape index (κ3) is 10.3. The summed E-state index contributed by atoms with van der Waals surface area (Å²) in [6.07, 6.45) is 0.335. The Balaban J connectivity index is 0. The summed E-state index contributed by atoms with van der Waals surface area (Å²) in [6, 6.07) is 0. The van der Waals surface area contributed by atoms with Crippen molar-refractivity contribution in [1.82, 2.24) is 0 Å². The lowest BCUT2D eigenvalue weighted by Crippen LogP contribution is -2.23. The van der Waals surface area contributed by atoms with Gasteiger partial charge in [0.15, 0.2) is 12.5 Å². The standard InChI is InChI=1S/C8H15ClFNO.C7H12ClFO/c1-4-7(9)6(2)8(10)5-11-12-3;1-3-6(8)5(2)7(9)4-10/h5-8H,4H2,1-3H3;4-7H,3H2,1-2H3/t6-,7+,8-;5-,6+,7-/m11/s1. The highest BCUT2D eigenvalue weighted by molar-refractivity contribution is 6.21. The molecule has 0 aliphatic rings. The molecule has 0 saturated carbocycles. The SMILES string of the molecule is CC[C@H](Cl)[C@@H](C)[C@H](F)C=NOC.CC[C@H](Cl)[C@@H](C)[C@H](F)C=O. The number of alkyl halides is 4. The fourth-order valence-electron chi connectivity index (χ4n) is 1.52. The second-order valence-corrected chi connectivity index (χ2v) is 6.15. The molecule has 6 atom stereocenters. The highest BCUT2D eigenvalue weighted by Gasteiger charge is 2.22. The molecule has 0 rings (SSSR count). The van der Waals surface area contributed by atoms with Crippen LogP contribution in [0.25, 0.3) is 0 Å². The Morgan fingerprint density at radius 3 is 1.77 bits per heavy atom. The van der Waals surface area contributed by atoms with Crippen LogP contribution in [-0.2, 0) is 9.63 Å². The Morgan fingerprint density at radius 1 is 1.05 bits per heavy atom. The van der Waals surface area contributed by atoms with Crippen LogP contribution in [0.1, 0.15) is 40.5 Å². The molecule has 0 aromatic carbocycles. The number of nitrogens with zero attached hydrogens (tertiary/aromatic N) is 1. The van der Waals surface area contributed by atoms with Crippen molar-refractivity contribution in [2.75, 3.05) is 7.11 Å². The van der Waals surface area contributed by atoms with Gasteiger partial charge in [0.1, 0.15) is 13.3 Å². The molecule has 0 spiro atoms. The fourth-order valence-corrected chi connectivity index (χ4v) is 1.80. The van der Waals surface area contributed by atoms with Crippen molar-refractivity contribution in [3.8, 4) is 0 Å². The molecule has 0 aromatic rings. The van der Waals surface area contributed by atoms with Gasteiger partial charge < -0.3 is 9.63 Å². The molecule has 0 aliphatic carbocycles. The Hall–Kier alpha value is -0.420. The summed E-state index contributed by atoms with van der Waals surface area (Å²) in [5.41, 5.74) is 0. The zero-order chi connectivity index (χ0) is 17.7. The normalized spacial score (nSPS) is 19.3. The average molecular weight is 362 g/mol. The van der Waals surface area contributed by atoms with Gasteiger partial charge in [0.25, 0.3) is 0 Å². The van der Waals surface area contributed by atoms with E-state index >= 15 is 0 Å². The largest absolute Gasteiger partial charge is 0.399 e. The summed E-state index contributed by atoms with van der Waals surface area (Å²) in [4.78, 5) is 14.3. The van der Waals surface area contributed by atoms with E-state index in [2.05, 4.69) is 9.99 Å². The zero-order valence-corrected chi connectivity index (χ0v) is 15.3. The molecule has 0 heterocycles. The first-order valence-electron chi connectivity index (χ1n) is 7.34. The molecule has 0 saturated heterocycles. The van der Waals surface area contributed by atoms with Crippen molar-refractivity contribution >= 4 is 35.7 Å². The van der Waals surface area contributed by atoms with Crippen molar-refractivity contribution in [2.45, 2.75) is 63.6 Å². The van der Waals surface area contributed by atoms with E-state index in [9.17, 15) is 13.6 Å². The summed E-state index contributed by atoms with van der Waals surface area (Å²) < 4.78 is 25.6. The maximum absolute atomic E-state index is 13.1. The van der Waals surface area contributed by atoms with E-state index in [1.54, 1.807) is 13.8 Å². The van der Waals surface area contributed by atoms with Crippen LogP contribution in [0, 0.1) is 11.8 Å². The molecule has 0 fully saturated rings. The van der Waals surface area contributed by atoms with Gasteiger partial charge in [-0.15, -0.1) is 23.2 Å². The lowest BCUT2D eigenvalue weighted by atomic mass is 10.0. The van der Waals surface area contributed by atoms with Gasteiger partial charge in [-0.1, -0.05) is 32.9 Å². The third-order valence-corrected chi connectivity index (χ3v) is 4.78. The van der Waals surface area contributed by atoms with Crippen LogP contribution in [0.15, 0.2) is 5.16 Å². The molecule has 3 nitrogen and oxygen atoms in total. The van der Waals surface area contributed by atoms with E-state index in [0.717, 1.165) is 12.6 Å². The third-order valence-electron chi connectivity index (χ3n) is 3.36. The van der Waals surface area contributed by atoms with Gasteiger partial charge in [0.05, 0.1) is 6.21 Å². The summed E-state index contributed by atoms with van der Waals surface area (Å²) in [5.74, 6) is -0.597. The van der Waals surface area contributed by atoms with Crippen LogP contribution in [0.4, 0.5) is 8.78 Å². The maximum atomic E-state index is 13.1. The topological polar surface area (TPSA) is 38.7 Å². The number of carbonyl (C=O) groups excluding carboxylic acids is 1. The molecule has 0 aliphatic heterocycles. The van der Waals surface area contributed by atoms with Crippen molar-refractivity contribution < 1.29 is 18.4 Å². The fraction of sp³-hybridized carbons (Fsp3) is 0.867. The van der Waals surface area contributed by atoms with Crippen LogP contribution < -0.4 is 0 Å². The molecule has 22 heavy (non-hydrogen) atoms. The Kier molecular flexibility index (Phi) is 15.4. The molecular formula is C15H27Cl2F2NO2. The van der Waals surface area contributed by atoms with Crippen LogP contribution in [0.5, 0.6) is 0 Å². The van der Waals surface area contributed by atoms with E-state index in [4.69, 9.17) is 23.2 Å². The summed E-state index contributed by atoms with van der Waals surface area (Å²) in [6.45, 7) is 7.19. The first-order valence-corrected chi connectivity index (χ1v) is 8.22. The monoisotopic (exact) mass is 361 g/mol. The average Bonchev–Trinajstić information content (AvgIpc) is 2.56. The summed E-state index contributed by atoms with van der Waals surface area (Å²) in [5, 5.41) is 2.97. The number of aldehydes is 1. The highest BCUT2D eigenvalue weighted by atomic mass is 35.5. The van der Waals surface area contributed by atoms with Crippen LogP contribution in [0.2, 0.25) is 0 Å². The molecule has 0 unspecified atom stereocenters. The van der Waals surface area contributed by atoms with Crippen molar-refractivity contribution in [1.29, 1.82) is 0 Å². The second kappa shape index (κ2) is 14.2. The maximum Gasteiger partial charge on any atom is 0.159 e.